The number of benzene rings is 1. The Bertz CT molecular complexity index is 828. The van der Waals surface area contributed by atoms with Gasteiger partial charge in [0.25, 0.3) is 5.91 Å². The molecule has 5 nitrogen and oxygen atoms in total. The minimum Gasteiger partial charge on any atom is -0.505 e. The first-order valence-corrected chi connectivity index (χ1v) is 6.89. The smallest absolute Gasteiger partial charge is 0.276 e. The molecule has 0 spiro atoms. The van der Waals surface area contributed by atoms with Crippen molar-refractivity contribution in [2.45, 2.75) is 6.54 Å². The molecule has 0 fully saturated rings. The largest absolute Gasteiger partial charge is 0.505 e. The fraction of sp³-hybridized carbons (Fsp3) is 0.118. The number of aromatic nitrogens is 2. The van der Waals surface area contributed by atoms with Crippen LogP contribution < -0.4 is 0 Å². The van der Waals surface area contributed by atoms with Gasteiger partial charge in [0.15, 0.2) is 5.69 Å². The summed E-state index contributed by atoms with van der Waals surface area (Å²) in [6.45, 7) is 0.415. The zero-order chi connectivity index (χ0) is 15.5. The van der Waals surface area contributed by atoms with Gasteiger partial charge < -0.3 is 10.0 Å². The van der Waals surface area contributed by atoms with E-state index in [2.05, 4.69) is 9.97 Å². The number of amides is 1. The molecule has 0 aliphatic carbocycles. The number of pyridine rings is 2. The molecule has 110 valence electrons. The van der Waals surface area contributed by atoms with Crippen LogP contribution in [-0.4, -0.2) is 32.9 Å². The Labute approximate surface area is 127 Å². The third-order valence-electron chi connectivity index (χ3n) is 3.48. The molecule has 0 saturated carbocycles. The molecule has 0 radical (unpaired) electrons. The van der Waals surface area contributed by atoms with Gasteiger partial charge in [-0.1, -0.05) is 18.2 Å². The summed E-state index contributed by atoms with van der Waals surface area (Å²) in [6, 6.07) is 12.7. The SMILES string of the molecule is CN(Cc1cccc2ncccc12)C(=O)c1ncccc1O. The van der Waals surface area contributed by atoms with E-state index in [4.69, 9.17) is 0 Å². The zero-order valence-electron chi connectivity index (χ0n) is 12.1. The van der Waals surface area contributed by atoms with Crippen molar-refractivity contribution in [3.8, 4) is 5.75 Å². The highest BCUT2D eigenvalue weighted by atomic mass is 16.3. The van der Waals surface area contributed by atoms with Crippen LogP contribution in [0.5, 0.6) is 5.75 Å². The standard InChI is InChI=1S/C17H15N3O2/c1-20(17(22)16-15(21)8-4-10-19-16)11-12-5-2-7-14-13(12)6-3-9-18-14/h2-10,21H,11H2,1H3. The van der Waals surface area contributed by atoms with E-state index < -0.39 is 0 Å². The fourth-order valence-electron chi connectivity index (χ4n) is 2.37. The monoisotopic (exact) mass is 293 g/mol. The van der Waals surface area contributed by atoms with Gasteiger partial charge in [-0.15, -0.1) is 0 Å². The van der Waals surface area contributed by atoms with Crippen LogP contribution in [0.4, 0.5) is 0 Å². The lowest BCUT2D eigenvalue weighted by atomic mass is 10.1. The summed E-state index contributed by atoms with van der Waals surface area (Å²) >= 11 is 0. The maximum Gasteiger partial charge on any atom is 0.276 e. The molecule has 0 unspecified atom stereocenters. The predicted octanol–water partition coefficient (Wildman–Crippen LogP) is 2.61. The van der Waals surface area contributed by atoms with Crippen LogP contribution in [0, 0.1) is 0 Å². The second kappa shape index (κ2) is 5.81. The van der Waals surface area contributed by atoms with E-state index in [9.17, 15) is 9.90 Å². The minimum absolute atomic E-state index is 0.0587. The molecule has 3 rings (SSSR count). The summed E-state index contributed by atoms with van der Waals surface area (Å²) in [6.07, 6.45) is 3.23. The van der Waals surface area contributed by atoms with Crippen molar-refractivity contribution in [1.29, 1.82) is 0 Å². The van der Waals surface area contributed by atoms with Crippen molar-refractivity contribution < 1.29 is 9.90 Å². The topological polar surface area (TPSA) is 66.3 Å². The van der Waals surface area contributed by atoms with Gasteiger partial charge in [0, 0.05) is 31.4 Å². The molecule has 0 atom stereocenters. The van der Waals surface area contributed by atoms with Crippen LogP contribution >= 0.6 is 0 Å². The van der Waals surface area contributed by atoms with E-state index >= 15 is 0 Å². The highest BCUT2D eigenvalue weighted by Gasteiger charge is 2.17. The molecule has 2 heterocycles. The fourth-order valence-corrected chi connectivity index (χ4v) is 2.37. The number of fused-ring (bicyclic) bond motifs is 1. The second-order valence-corrected chi connectivity index (χ2v) is 5.02. The van der Waals surface area contributed by atoms with Crippen LogP contribution in [0.25, 0.3) is 10.9 Å². The first-order chi connectivity index (χ1) is 10.7. The molecular formula is C17H15N3O2. The van der Waals surface area contributed by atoms with E-state index in [0.29, 0.717) is 6.54 Å². The third kappa shape index (κ3) is 2.61. The average molecular weight is 293 g/mol. The van der Waals surface area contributed by atoms with Crippen LogP contribution in [0.15, 0.2) is 54.9 Å². The summed E-state index contributed by atoms with van der Waals surface area (Å²) in [5.41, 5.74) is 1.95. The number of carbonyl (C=O) groups is 1. The molecule has 3 aromatic rings. The van der Waals surface area contributed by atoms with Crippen molar-refractivity contribution in [2.24, 2.45) is 0 Å². The van der Waals surface area contributed by atoms with Crippen molar-refractivity contribution in [1.82, 2.24) is 14.9 Å². The Morgan fingerprint density at radius 1 is 1.09 bits per heavy atom. The lowest BCUT2D eigenvalue weighted by molar-refractivity contribution is 0.0776. The first kappa shape index (κ1) is 14.0. The molecule has 0 aliphatic rings. The number of nitrogens with zero attached hydrogens (tertiary/aromatic N) is 3. The van der Waals surface area contributed by atoms with Crippen LogP contribution in [0.1, 0.15) is 16.1 Å². The van der Waals surface area contributed by atoms with Gasteiger partial charge in [0.05, 0.1) is 5.52 Å². The number of hydrogen-bond acceptors (Lipinski definition) is 4. The lowest BCUT2D eigenvalue weighted by Gasteiger charge is -2.18. The molecule has 1 aromatic carbocycles. The number of hydrogen-bond donors (Lipinski definition) is 1. The first-order valence-electron chi connectivity index (χ1n) is 6.89. The maximum absolute atomic E-state index is 12.4. The Kier molecular flexibility index (Phi) is 3.70. The number of carbonyl (C=O) groups excluding carboxylic acids is 1. The Hall–Kier alpha value is -2.95. The van der Waals surface area contributed by atoms with Crippen LogP contribution in [0.3, 0.4) is 0 Å². The third-order valence-corrected chi connectivity index (χ3v) is 3.48. The summed E-state index contributed by atoms with van der Waals surface area (Å²) in [5.74, 6) is -0.432. The summed E-state index contributed by atoms with van der Waals surface area (Å²) in [4.78, 5) is 22.2. The maximum atomic E-state index is 12.4. The molecule has 0 bridgehead atoms. The highest BCUT2D eigenvalue weighted by Crippen LogP contribution is 2.20. The van der Waals surface area contributed by atoms with Gasteiger partial charge >= 0.3 is 0 Å². The van der Waals surface area contributed by atoms with Gasteiger partial charge in [-0.25, -0.2) is 4.98 Å². The molecule has 1 amide bonds. The average Bonchev–Trinajstić information content (AvgIpc) is 2.55. The lowest BCUT2D eigenvalue weighted by Crippen LogP contribution is -2.27. The van der Waals surface area contributed by atoms with Gasteiger partial charge in [0.1, 0.15) is 5.75 Å². The minimum atomic E-state index is -0.320. The normalized spacial score (nSPS) is 10.6. The number of rotatable bonds is 3. The Morgan fingerprint density at radius 3 is 2.68 bits per heavy atom. The second-order valence-electron chi connectivity index (χ2n) is 5.02. The van der Waals surface area contributed by atoms with E-state index in [1.54, 1.807) is 19.3 Å². The highest BCUT2D eigenvalue weighted by molar-refractivity contribution is 5.94. The van der Waals surface area contributed by atoms with Gasteiger partial charge in [-0.05, 0) is 29.8 Å². The zero-order valence-corrected chi connectivity index (χ0v) is 12.1. The van der Waals surface area contributed by atoms with E-state index in [0.717, 1.165) is 16.5 Å². The predicted molar refractivity (Wildman–Crippen MR) is 83.4 cm³/mol. The Morgan fingerprint density at radius 2 is 1.86 bits per heavy atom. The van der Waals surface area contributed by atoms with E-state index in [1.165, 1.54) is 17.2 Å². The Balaban J connectivity index is 1.89. The summed E-state index contributed by atoms with van der Waals surface area (Å²) in [5, 5.41) is 10.8. The van der Waals surface area contributed by atoms with Gasteiger partial charge in [0.2, 0.25) is 0 Å². The molecule has 0 aliphatic heterocycles. The van der Waals surface area contributed by atoms with E-state index in [1.807, 2.05) is 30.3 Å². The van der Waals surface area contributed by atoms with Crippen molar-refractivity contribution in [3.63, 3.8) is 0 Å². The molecule has 2 aromatic heterocycles. The number of aromatic hydroxyl groups is 1. The molecule has 5 heteroatoms. The molecule has 1 N–H and O–H groups in total. The molecule has 22 heavy (non-hydrogen) atoms. The van der Waals surface area contributed by atoms with Gasteiger partial charge in [-0.3, -0.25) is 9.78 Å². The van der Waals surface area contributed by atoms with Crippen LogP contribution in [0.2, 0.25) is 0 Å². The van der Waals surface area contributed by atoms with E-state index in [-0.39, 0.29) is 17.4 Å². The van der Waals surface area contributed by atoms with Crippen molar-refractivity contribution in [3.05, 3.63) is 66.1 Å². The van der Waals surface area contributed by atoms with Crippen LogP contribution in [-0.2, 0) is 6.54 Å². The van der Waals surface area contributed by atoms with Crippen molar-refractivity contribution in [2.75, 3.05) is 7.05 Å². The summed E-state index contributed by atoms with van der Waals surface area (Å²) in [7, 11) is 1.69. The molecular weight excluding hydrogens is 278 g/mol. The quantitative estimate of drug-likeness (QED) is 0.806. The van der Waals surface area contributed by atoms with Crippen molar-refractivity contribution >= 4 is 16.8 Å². The van der Waals surface area contributed by atoms with Gasteiger partial charge in [-0.2, -0.15) is 0 Å². The molecule has 0 saturated heterocycles. The summed E-state index contributed by atoms with van der Waals surface area (Å²) < 4.78 is 0.